The fourth-order valence-corrected chi connectivity index (χ4v) is 0.953. The van der Waals surface area contributed by atoms with Crippen molar-refractivity contribution in [3.8, 4) is 0 Å². The molecule has 0 amide bonds. The van der Waals surface area contributed by atoms with Crippen molar-refractivity contribution in [1.29, 1.82) is 0 Å². The zero-order valence-electron chi connectivity index (χ0n) is 7.35. The Hall–Kier alpha value is -1.22. The van der Waals surface area contributed by atoms with Crippen LogP contribution in [-0.4, -0.2) is 13.6 Å². The van der Waals surface area contributed by atoms with Crippen LogP contribution in [0, 0.1) is 11.6 Å². The van der Waals surface area contributed by atoms with Crippen molar-refractivity contribution in [3.63, 3.8) is 0 Å². The Balaban J connectivity index is 2.83. The van der Waals surface area contributed by atoms with E-state index in [0.29, 0.717) is 6.54 Å². The van der Waals surface area contributed by atoms with E-state index in [1.54, 1.807) is 19.2 Å². The first-order valence-corrected chi connectivity index (χ1v) is 4.01. The van der Waals surface area contributed by atoms with Crippen molar-refractivity contribution in [2.45, 2.75) is 0 Å². The van der Waals surface area contributed by atoms with E-state index in [1.807, 2.05) is 0 Å². The van der Waals surface area contributed by atoms with Crippen LogP contribution in [0.4, 0.5) is 8.78 Å². The maximum absolute atomic E-state index is 13.0. The SMILES string of the molecule is CNC/C=C/c1cccc(F)c1F. The molecule has 0 fully saturated rings. The van der Waals surface area contributed by atoms with E-state index in [1.165, 1.54) is 12.1 Å². The number of likely N-dealkylation sites (N-methyl/N-ethyl adjacent to an activating group) is 1. The Morgan fingerprint density at radius 3 is 2.85 bits per heavy atom. The van der Waals surface area contributed by atoms with Crippen LogP contribution < -0.4 is 5.32 Å². The van der Waals surface area contributed by atoms with Crippen LogP contribution >= 0.6 is 0 Å². The van der Waals surface area contributed by atoms with Crippen LogP contribution in [0.1, 0.15) is 5.56 Å². The fourth-order valence-electron chi connectivity index (χ4n) is 0.953. The highest BCUT2D eigenvalue weighted by atomic mass is 19.2. The van der Waals surface area contributed by atoms with Gasteiger partial charge in [-0.25, -0.2) is 8.78 Å². The van der Waals surface area contributed by atoms with Crippen molar-refractivity contribution in [2.24, 2.45) is 0 Å². The third-order valence-electron chi connectivity index (χ3n) is 1.60. The number of nitrogens with one attached hydrogen (secondary N) is 1. The van der Waals surface area contributed by atoms with Gasteiger partial charge in [-0.15, -0.1) is 0 Å². The van der Waals surface area contributed by atoms with E-state index in [2.05, 4.69) is 5.32 Å². The van der Waals surface area contributed by atoms with Gasteiger partial charge in [-0.3, -0.25) is 0 Å². The molecule has 0 saturated carbocycles. The van der Waals surface area contributed by atoms with E-state index >= 15 is 0 Å². The lowest BCUT2D eigenvalue weighted by Gasteiger charge is -1.97. The molecule has 1 aromatic carbocycles. The number of hydrogen-bond acceptors (Lipinski definition) is 1. The average molecular weight is 183 g/mol. The Kier molecular flexibility index (Phi) is 3.58. The van der Waals surface area contributed by atoms with Gasteiger partial charge in [0.15, 0.2) is 11.6 Å². The summed E-state index contributed by atoms with van der Waals surface area (Å²) < 4.78 is 25.6. The quantitative estimate of drug-likeness (QED) is 0.757. The predicted molar refractivity (Wildman–Crippen MR) is 49.3 cm³/mol. The minimum atomic E-state index is -0.813. The second-order valence-electron chi connectivity index (χ2n) is 2.60. The van der Waals surface area contributed by atoms with E-state index in [0.717, 1.165) is 6.07 Å². The fraction of sp³-hybridized carbons (Fsp3) is 0.200. The number of rotatable bonds is 3. The van der Waals surface area contributed by atoms with Crippen LogP contribution in [0.3, 0.4) is 0 Å². The molecule has 3 heteroatoms. The van der Waals surface area contributed by atoms with Crippen LogP contribution in [0.25, 0.3) is 6.08 Å². The standard InChI is InChI=1S/C10H11F2N/c1-13-7-3-5-8-4-2-6-9(11)10(8)12/h2-6,13H,7H2,1H3/b5-3+. The van der Waals surface area contributed by atoms with Gasteiger partial charge in [0.25, 0.3) is 0 Å². The minimum absolute atomic E-state index is 0.273. The van der Waals surface area contributed by atoms with Gasteiger partial charge in [0.05, 0.1) is 0 Å². The number of benzene rings is 1. The molecule has 0 atom stereocenters. The molecule has 1 N–H and O–H groups in total. The van der Waals surface area contributed by atoms with Crippen molar-refractivity contribution >= 4 is 6.08 Å². The first kappa shape index (κ1) is 9.86. The molecule has 0 radical (unpaired) electrons. The van der Waals surface area contributed by atoms with Gasteiger partial charge < -0.3 is 5.32 Å². The summed E-state index contributed by atoms with van der Waals surface area (Å²) in [6.07, 6.45) is 3.28. The van der Waals surface area contributed by atoms with Gasteiger partial charge >= 0.3 is 0 Å². The summed E-state index contributed by atoms with van der Waals surface area (Å²) in [6.45, 7) is 0.635. The van der Waals surface area contributed by atoms with E-state index in [9.17, 15) is 8.78 Å². The Labute approximate surface area is 76.1 Å². The normalized spacial score (nSPS) is 11.0. The van der Waals surface area contributed by atoms with Gasteiger partial charge in [0.1, 0.15) is 0 Å². The highest BCUT2D eigenvalue weighted by Gasteiger charge is 2.03. The molecule has 1 nitrogen and oxygen atoms in total. The van der Waals surface area contributed by atoms with Gasteiger partial charge in [-0.2, -0.15) is 0 Å². The molecule has 0 aliphatic carbocycles. The summed E-state index contributed by atoms with van der Waals surface area (Å²) in [5.74, 6) is -1.61. The molecule has 70 valence electrons. The summed E-state index contributed by atoms with van der Waals surface area (Å²) >= 11 is 0. The second kappa shape index (κ2) is 4.72. The molecule has 1 aromatic rings. The van der Waals surface area contributed by atoms with Crippen molar-refractivity contribution in [2.75, 3.05) is 13.6 Å². The van der Waals surface area contributed by atoms with E-state index in [-0.39, 0.29) is 5.56 Å². The maximum Gasteiger partial charge on any atom is 0.166 e. The molecule has 0 bridgehead atoms. The van der Waals surface area contributed by atoms with Gasteiger partial charge in [-0.05, 0) is 13.1 Å². The molecule has 1 rings (SSSR count). The van der Waals surface area contributed by atoms with Gasteiger partial charge in [0, 0.05) is 12.1 Å². The molecule has 0 aliphatic rings. The summed E-state index contributed by atoms with van der Waals surface area (Å²) in [4.78, 5) is 0. The zero-order valence-corrected chi connectivity index (χ0v) is 7.35. The van der Waals surface area contributed by atoms with Crippen molar-refractivity contribution in [1.82, 2.24) is 5.32 Å². The average Bonchev–Trinajstić information content (AvgIpc) is 2.13. The molecular weight excluding hydrogens is 172 g/mol. The molecule has 0 unspecified atom stereocenters. The molecule has 0 aliphatic heterocycles. The number of halogens is 2. The minimum Gasteiger partial charge on any atom is -0.316 e. The Morgan fingerprint density at radius 2 is 2.15 bits per heavy atom. The largest absolute Gasteiger partial charge is 0.316 e. The monoisotopic (exact) mass is 183 g/mol. The molecule has 0 spiro atoms. The van der Waals surface area contributed by atoms with E-state index in [4.69, 9.17) is 0 Å². The Morgan fingerprint density at radius 1 is 1.38 bits per heavy atom. The maximum atomic E-state index is 13.0. The molecular formula is C10H11F2N. The first-order valence-electron chi connectivity index (χ1n) is 4.01. The summed E-state index contributed by atoms with van der Waals surface area (Å²) in [5, 5.41) is 2.87. The lowest BCUT2D eigenvalue weighted by Crippen LogP contribution is -2.03. The van der Waals surface area contributed by atoms with Crippen molar-refractivity contribution in [3.05, 3.63) is 41.5 Å². The second-order valence-corrected chi connectivity index (χ2v) is 2.60. The molecule has 0 heterocycles. The molecule has 0 saturated heterocycles. The van der Waals surface area contributed by atoms with Crippen LogP contribution in [0.5, 0.6) is 0 Å². The Bertz CT molecular complexity index is 308. The van der Waals surface area contributed by atoms with E-state index < -0.39 is 11.6 Å². The highest BCUT2D eigenvalue weighted by molar-refractivity contribution is 5.50. The third-order valence-corrected chi connectivity index (χ3v) is 1.60. The van der Waals surface area contributed by atoms with Gasteiger partial charge in [0.2, 0.25) is 0 Å². The number of hydrogen-bond donors (Lipinski definition) is 1. The van der Waals surface area contributed by atoms with Crippen LogP contribution in [0.2, 0.25) is 0 Å². The topological polar surface area (TPSA) is 12.0 Å². The molecule has 0 aromatic heterocycles. The van der Waals surface area contributed by atoms with Crippen LogP contribution in [0.15, 0.2) is 24.3 Å². The molecule has 13 heavy (non-hydrogen) atoms. The lowest BCUT2D eigenvalue weighted by molar-refractivity contribution is 0.507. The lowest BCUT2D eigenvalue weighted by atomic mass is 10.2. The first-order chi connectivity index (χ1) is 6.25. The smallest absolute Gasteiger partial charge is 0.166 e. The van der Waals surface area contributed by atoms with Crippen LogP contribution in [-0.2, 0) is 0 Å². The zero-order chi connectivity index (χ0) is 9.68. The summed E-state index contributed by atoms with van der Waals surface area (Å²) in [5.41, 5.74) is 0.273. The highest BCUT2D eigenvalue weighted by Crippen LogP contribution is 2.12. The summed E-state index contributed by atoms with van der Waals surface area (Å²) in [6, 6.07) is 4.12. The third kappa shape index (κ3) is 2.63. The van der Waals surface area contributed by atoms with Crippen molar-refractivity contribution < 1.29 is 8.78 Å². The predicted octanol–water partition coefficient (Wildman–Crippen LogP) is 2.20. The summed E-state index contributed by atoms with van der Waals surface area (Å²) in [7, 11) is 1.78. The van der Waals surface area contributed by atoms with Gasteiger partial charge in [-0.1, -0.05) is 24.3 Å².